The molecule has 2 rings (SSSR count). The molecule has 8 heteroatoms. The second-order valence-corrected chi connectivity index (χ2v) is 6.34. The molecule has 1 aliphatic heterocycles. The third-order valence-electron chi connectivity index (χ3n) is 4.01. The van der Waals surface area contributed by atoms with Crippen LogP contribution in [-0.2, 0) is 10.7 Å². The maximum atomic E-state index is 14.0. The average molecular weight is 347 g/mol. The minimum Gasteiger partial charge on any atom is -0.481 e. The van der Waals surface area contributed by atoms with Gasteiger partial charge in [0.15, 0.2) is 0 Å². The minimum absolute atomic E-state index is 0.000678. The molecule has 1 fully saturated rings. The predicted molar refractivity (Wildman–Crippen MR) is 80.7 cm³/mol. The van der Waals surface area contributed by atoms with Crippen LogP contribution in [0.4, 0.5) is 13.6 Å². The van der Waals surface area contributed by atoms with Crippen LogP contribution in [0.25, 0.3) is 0 Å². The largest absolute Gasteiger partial charge is 0.481 e. The van der Waals surface area contributed by atoms with Crippen LogP contribution in [0.3, 0.4) is 0 Å². The van der Waals surface area contributed by atoms with Crippen molar-refractivity contribution in [3.8, 4) is 0 Å². The SMILES string of the molecule is CC1(C(=O)O)CCN(C(=O)NCC(F)(F)c2ccc(Cl)cc2)C1. The number of hydrogen-bond acceptors (Lipinski definition) is 2. The fourth-order valence-corrected chi connectivity index (χ4v) is 2.53. The maximum absolute atomic E-state index is 14.0. The zero-order valence-electron chi connectivity index (χ0n) is 12.5. The molecule has 0 aliphatic carbocycles. The van der Waals surface area contributed by atoms with Gasteiger partial charge in [0, 0.05) is 23.7 Å². The molecule has 1 aromatic rings. The van der Waals surface area contributed by atoms with E-state index in [2.05, 4.69) is 5.32 Å². The van der Waals surface area contributed by atoms with Gasteiger partial charge in [-0.3, -0.25) is 4.79 Å². The molecule has 1 heterocycles. The standard InChI is InChI=1S/C15H17ClF2N2O3/c1-14(12(21)22)6-7-20(9-14)13(23)19-8-15(17,18)10-2-4-11(16)5-3-10/h2-5H,6-9H2,1H3,(H,19,23)(H,21,22). The summed E-state index contributed by atoms with van der Waals surface area (Å²) in [5.74, 6) is -4.24. The summed E-state index contributed by atoms with van der Waals surface area (Å²) in [4.78, 5) is 24.3. The van der Waals surface area contributed by atoms with E-state index in [0.29, 0.717) is 11.4 Å². The first-order valence-corrected chi connectivity index (χ1v) is 7.42. The number of carbonyl (C=O) groups is 2. The molecule has 1 aromatic carbocycles. The number of likely N-dealkylation sites (tertiary alicyclic amines) is 1. The molecule has 2 amide bonds. The number of nitrogens with zero attached hydrogens (tertiary/aromatic N) is 1. The van der Waals surface area contributed by atoms with Crippen LogP contribution in [0.15, 0.2) is 24.3 Å². The lowest BCUT2D eigenvalue weighted by Gasteiger charge is -2.23. The van der Waals surface area contributed by atoms with Gasteiger partial charge in [-0.2, -0.15) is 8.78 Å². The zero-order valence-corrected chi connectivity index (χ0v) is 13.2. The molecule has 23 heavy (non-hydrogen) atoms. The number of halogens is 3. The average Bonchev–Trinajstić information content (AvgIpc) is 2.89. The highest BCUT2D eigenvalue weighted by Gasteiger charge is 2.42. The number of carbonyl (C=O) groups excluding carboxylic acids is 1. The first-order valence-electron chi connectivity index (χ1n) is 7.04. The fourth-order valence-electron chi connectivity index (χ4n) is 2.40. The molecule has 5 nitrogen and oxygen atoms in total. The lowest BCUT2D eigenvalue weighted by atomic mass is 9.90. The Balaban J connectivity index is 1.94. The number of nitrogens with one attached hydrogen (secondary N) is 1. The van der Waals surface area contributed by atoms with E-state index in [9.17, 15) is 18.4 Å². The van der Waals surface area contributed by atoms with E-state index in [0.717, 1.165) is 0 Å². The highest BCUT2D eigenvalue weighted by atomic mass is 35.5. The summed E-state index contributed by atoms with van der Waals surface area (Å²) in [5.41, 5.74) is -1.28. The molecule has 0 spiro atoms. The molecule has 1 atom stereocenters. The van der Waals surface area contributed by atoms with Gasteiger partial charge < -0.3 is 15.3 Å². The first-order chi connectivity index (χ1) is 10.6. The summed E-state index contributed by atoms with van der Waals surface area (Å²) < 4.78 is 28.1. The Morgan fingerprint density at radius 3 is 2.52 bits per heavy atom. The topological polar surface area (TPSA) is 69.6 Å². The Labute approximate surface area is 137 Å². The Bertz CT molecular complexity index is 609. The smallest absolute Gasteiger partial charge is 0.317 e. The van der Waals surface area contributed by atoms with Crippen molar-refractivity contribution >= 4 is 23.6 Å². The Hall–Kier alpha value is -1.89. The zero-order chi connectivity index (χ0) is 17.3. The van der Waals surface area contributed by atoms with Crippen molar-refractivity contribution in [1.82, 2.24) is 10.2 Å². The molecule has 2 N–H and O–H groups in total. The second-order valence-electron chi connectivity index (χ2n) is 5.91. The number of rotatable bonds is 4. The van der Waals surface area contributed by atoms with Crippen molar-refractivity contribution in [2.75, 3.05) is 19.6 Å². The van der Waals surface area contributed by atoms with Gasteiger partial charge in [-0.25, -0.2) is 4.79 Å². The Morgan fingerprint density at radius 2 is 2.00 bits per heavy atom. The lowest BCUT2D eigenvalue weighted by molar-refractivity contribution is -0.147. The van der Waals surface area contributed by atoms with Gasteiger partial charge >= 0.3 is 12.0 Å². The fraction of sp³-hybridized carbons (Fsp3) is 0.467. The minimum atomic E-state index is -3.24. The van der Waals surface area contributed by atoms with Crippen molar-refractivity contribution in [2.24, 2.45) is 5.41 Å². The van der Waals surface area contributed by atoms with Crippen LogP contribution in [0, 0.1) is 5.41 Å². The number of urea groups is 1. The van der Waals surface area contributed by atoms with Gasteiger partial charge in [0.1, 0.15) is 0 Å². The molecule has 1 saturated heterocycles. The molecular formula is C15H17ClF2N2O3. The molecule has 126 valence electrons. The highest BCUT2D eigenvalue weighted by Crippen LogP contribution is 2.31. The number of carboxylic acids is 1. The summed E-state index contributed by atoms with van der Waals surface area (Å²) in [6, 6.07) is 4.41. The van der Waals surface area contributed by atoms with Crippen LogP contribution in [0.2, 0.25) is 5.02 Å². The van der Waals surface area contributed by atoms with Crippen LogP contribution in [-0.4, -0.2) is 41.6 Å². The second kappa shape index (κ2) is 6.31. The van der Waals surface area contributed by atoms with Crippen molar-refractivity contribution in [3.05, 3.63) is 34.9 Å². The predicted octanol–water partition coefficient (Wildman–Crippen LogP) is 2.94. The molecule has 0 radical (unpaired) electrons. The quantitative estimate of drug-likeness (QED) is 0.880. The van der Waals surface area contributed by atoms with E-state index in [-0.39, 0.29) is 18.7 Å². The monoisotopic (exact) mass is 346 g/mol. The summed E-state index contributed by atoms with van der Waals surface area (Å²) in [7, 11) is 0. The van der Waals surface area contributed by atoms with Gasteiger partial charge in [-0.15, -0.1) is 0 Å². The van der Waals surface area contributed by atoms with Crippen molar-refractivity contribution in [2.45, 2.75) is 19.3 Å². The normalized spacial score (nSPS) is 21.3. The van der Waals surface area contributed by atoms with E-state index in [1.807, 2.05) is 0 Å². The van der Waals surface area contributed by atoms with Gasteiger partial charge in [-0.05, 0) is 25.5 Å². The summed E-state index contributed by atoms with van der Waals surface area (Å²) >= 11 is 5.66. The van der Waals surface area contributed by atoms with Crippen molar-refractivity contribution in [3.63, 3.8) is 0 Å². The summed E-state index contributed by atoms with van der Waals surface area (Å²) in [5, 5.41) is 11.6. The number of aliphatic carboxylic acids is 1. The summed E-state index contributed by atoms with van der Waals surface area (Å²) in [6.45, 7) is 0.889. The van der Waals surface area contributed by atoms with Gasteiger partial charge in [0.05, 0.1) is 12.0 Å². The Kier molecular flexibility index (Phi) is 4.79. The van der Waals surface area contributed by atoms with Crippen LogP contribution >= 0.6 is 11.6 Å². The number of hydrogen-bond donors (Lipinski definition) is 2. The molecule has 0 bridgehead atoms. The van der Waals surface area contributed by atoms with Gasteiger partial charge in [-0.1, -0.05) is 23.7 Å². The van der Waals surface area contributed by atoms with Crippen LogP contribution in [0.1, 0.15) is 18.9 Å². The van der Waals surface area contributed by atoms with E-state index in [1.54, 1.807) is 0 Å². The van der Waals surface area contributed by atoms with Crippen molar-refractivity contribution < 1.29 is 23.5 Å². The van der Waals surface area contributed by atoms with Crippen LogP contribution in [0.5, 0.6) is 0 Å². The first kappa shape index (κ1) is 17.5. The number of carboxylic acid groups (broad SMARTS) is 1. The molecule has 0 aromatic heterocycles. The van der Waals surface area contributed by atoms with Gasteiger partial charge in [0.2, 0.25) is 0 Å². The van der Waals surface area contributed by atoms with E-state index < -0.39 is 29.9 Å². The van der Waals surface area contributed by atoms with Gasteiger partial charge in [0.25, 0.3) is 5.92 Å². The number of amides is 2. The third-order valence-corrected chi connectivity index (χ3v) is 4.26. The maximum Gasteiger partial charge on any atom is 0.317 e. The van der Waals surface area contributed by atoms with E-state index >= 15 is 0 Å². The highest BCUT2D eigenvalue weighted by molar-refractivity contribution is 6.30. The summed E-state index contributed by atoms with van der Waals surface area (Å²) in [6.07, 6.45) is 0.295. The third kappa shape index (κ3) is 3.90. The molecule has 0 saturated carbocycles. The van der Waals surface area contributed by atoms with E-state index in [4.69, 9.17) is 16.7 Å². The number of benzene rings is 1. The Morgan fingerprint density at radius 1 is 1.39 bits per heavy atom. The number of alkyl halides is 2. The molecular weight excluding hydrogens is 330 g/mol. The van der Waals surface area contributed by atoms with Crippen molar-refractivity contribution in [1.29, 1.82) is 0 Å². The lowest BCUT2D eigenvalue weighted by Crippen LogP contribution is -2.44. The molecule has 1 unspecified atom stereocenters. The van der Waals surface area contributed by atoms with Crippen LogP contribution < -0.4 is 5.32 Å². The molecule has 1 aliphatic rings. The van der Waals surface area contributed by atoms with E-state index in [1.165, 1.54) is 36.1 Å².